The minimum Gasteiger partial charge on any atom is -0.454 e. The van der Waals surface area contributed by atoms with Crippen LogP contribution in [-0.4, -0.2) is 17.9 Å². The molecule has 4 nitrogen and oxygen atoms in total. The molecule has 0 saturated carbocycles. The van der Waals surface area contributed by atoms with Crippen molar-refractivity contribution in [2.45, 2.75) is 26.3 Å². The molecular weight excluding hydrogens is 236 g/mol. The number of nitrogens with one attached hydrogen (secondary N) is 2. The maximum absolute atomic E-state index is 5.30. The molecule has 0 spiro atoms. The van der Waals surface area contributed by atoms with E-state index in [0.717, 1.165) is 23.6 Å². The van der Waals surface area contributed by atoms with Gasteiger partial charge in [-0.25, -0.2) is 0 Å². The van der Waals surface area contributed by atoms with E-state index < -0.39 is 0 Å². The van der Waals surface area contributed by atoms with Crippen LogP contribution in [0.2, 0.25) is 0 Å². The Balaban J connectivity index is 1.97. The molecule has 1 heterocycles. The summed E-state index contributed by atoms with van der Waals surface area (Å²) < 4.78 is 10.5. The number of thiocarbonyl (C=S) groups is 1. The van der Waals surface area contributed by atoms with Gasteiger partial charge < -0.3 is 20.1 Å². The fourth-order valence-electron chi connectivity index (χ4n) is 1.47. The molecule has 17 heavy (non-hydrogen) atoms. The van der Waals surface area contributed by atoms with E-state index in [4.69, 9.17) is 21.7 Å². The van der Waals surface area contributed by atoms with E-state index in [-0.39, 0.29) is 6.79 Å². The summed E-state index contributed by atoms with van der Waals surface area (Å²) in [6.07, 6.45) is 1.03. The molecule has 1 aliphatic rings. The van der Waals surface area contributed by atoms with E-state index in [9.17, 15) is 0 Å². The van der Waals surface area contributed by atoms with Crippen molar-refractivity contribution in [1.29, 1.82) is 0 Å². The second kappa shape index (κ2) is 5.23. The van der Waals surface area contributed by atoms with Crippen LogP contribution in [0.4, 0.5) is 5.69 Å². The van der Waals surface area contributed by atoms with E-state index in [2.05, 4.69) is 24.5 Å². The van der Waals surface area contributed by atoms with Crippen LogP contribution in [-0.2, 0) is 0 Å². The van der Waals surface area contributed by atoms with Crippen molar-refractivity contribution in [1.82, 2.24) is 5.32 Å². The van der Waals surface area contributed by atoms with Crippen LogP contribution in [0.1, 0.15) is 20.3 Å². The lowest BCUT2D eigenvalue weighted by Crippen LogP contribution is -2.35. The van der Waals surface area contributed by atoms with Gasteiger partial charge >= 0.3 is 0 Å². The zero-order chi connectivity index (χ0) is 12.3. The van der Waals surface area contributed by atoms with Gasteiger partial charge in [0.1, 0.15) is 0 Å². The first kappa shape index (κ1) is 12.0. The van der Waals surface area contributed by atoms with Crippen LogP contribution in [0, 0.1) is 0 Å². The summed E-state index contributed by atoms with van der Waals surface area (Å²) in [6, 6.07) is 6.03. The van der Waals surface area contributed by atoms with Gasteiger partial charge in [-0.15, -0.1) is 0 Å². The van der Waals surface area contributed by atoms with Gasteiger partial charge in [-0.05, 0) is 37.7 Å². The Morgan fingerprint density at radius 3 is 2.94 bits per heavy atom. The topological polar surface area (TPSA) is 42.5 Å². The lowest BCUT2D eigenvalue weighted by molar-refractivity contribution is 0.174. The van der Waals surface area contributed by atoms with Crippen LogP contribution in [0.25, 0.3) is 0 Å². The second-order valence-electron chi connectivity index (χ2n) is 3.98. The van der Waals surface area contributed by atoms with Crippen molar-refractivity contribution in [3.63, 3.8) is 0 Å². The average Bonchev–Trinajstić information content (AvgIpc) is 2.75. The predicted molar refractivity (Wildman–Crippen MR) is 71.7 cm³/mol. The molecule has 0 bridgehead atoms. The molecule has 1 atom stereocenters. The Morgan fingerprint density at radius 2 is 2.18 bits per heavy atom. The fourth-order valence-corrected chi connectivity index (χ4v) is 1.79. The highest BCUT2D eigenvalue weighted by atomic mass is 32.1. The number of benzene rings is 1. The zero-order valence-corrected chi connectivity index (χ0v) is 10.8. The van der Waals surface area contributed by atoms with Crippen LogP contribution < -0.4 is 20.1 Å². The Bertz CT molecular complexity index is 423. The van der Waals surface area contributed by atoms with E-state index in [1.165, 1.54) is 0 Å². The minimum atomic E-state index is 0.286. The summed E-state index contributed by atoms with van der Waals surface area (Å²) >= 11 is 5.21. The summed E-state index contributed by atoms with van der Waals surface area (Å²) in [6.45, 7) is 4.49. The van der Waals surface area contributed by atoms with Gasteiger partial charge in [0.15, 0.2) is 16.6 Å². The molecule has 92 valence electrons. The molecule has 0 aliphatic carbocycles. The first-order valence-electron chi connectivity index (χ1n) is 5.66. The van der Waals surface area contributed by atoms with Gasteiger partial charge in [0, 0.05) is 17.8 Å². The number of anilines is 1. The largest absolute Gasteiger partial charge is 0.454 e. The molecule has 0 saturated heterocycles. The first-order valence-corrected chi connectivity index (χ1v) is 6.07. The van der Waals surface area contributed by atoms with E-state index >= 15 is 0 Å². The SMILES string of the molecule is CCC(C)NC(=S)Nc1ccc2c(c1)OCO2. The molecule has 0 aromatic heterocycles. The van der Waals surface area contributed by atoms with E-state index in [1.54, 1.807) is 0 Å². The average molecular weight is 252 g/mol. The molecule has 0 radical (unpaired) electrons. The molecule has 1 unspecified atom stereocenters. The summed E-state index contributed by atoms with van der Waals surface area (Å²) in [4.78, 5) is 0. The number of ether oxygens (including phenoxy) is 2. The molecule has 5 heteroatoms. The normalized spacial score (nSPS) is 14.2. The summed E-state index contributed by atoms with van der Waals surface area (Å²) in [7, 11) is 0. The van der Waals surface area contributed by atoms with Crippen molar-refractivity contribution in [2.75, 3.05) is 12.1 Å². The molecule has 0 amide bonds. The maximum Gasteiger partial charge on any atom is 0.231 e. The smallest absolute Gasteiger partial charge is 0.231 e. The predicted octanol–water partition coefficient (Wildman–Crippen LogP) is 2.50. The third kappa shape index (κ3) is 3.00. The molecule has 1 aromatic carbocycles. The maximum atomic E-state index is 5.30. The lowest BCUT2D eigenvalue weighted by atomic mass is 10.2. The third-order valence-electron chi connectivity index (χ3n) is 2.62. The number of rotatable bonds is 3. The van der Waals surface area contributed by atoms with Crippen LogP contribution >= 0.6 is 12.2 Å². The van der Waals surface area contributed by atoms with Crippen LogP contribution in [0.3, 0.4) is 0 Å². The second-order valence-corrected chi connectivity index (χ2v) is 4.38. The van der Waals surface area contributed by atoms with Gasteiger partial charge in [-0.2, -0.15) is 0 Å². The third-order valence-corrected chi connectivity index (χ3v) is 2.84. The molecular formula is C12H16N2O2S. The number of hydrogen-bond acceptors (Lipinski definition) is 3. The number of fused-ring (bicyclic) bond motifs is 1. The van der Waals surface area contributed by atoms with E-state index in [1.807, 2.05) is 18.2 Å². The van der Waals surface area contributed by atoms with Gasteiger partial charge in [0.25, 0.3) is 0 Å². The molecule has 0 fully saturated rings. The van der Waals surface area contributed by atoms with Crippen LogP contribution in [0.15, 0.2) is 18.2 Å². The van der Waals surface area contributed by atoms with Gasteiger partial charge in [0.05, 0.1) is 0 Å². The van der Waals surface area contributed by atoms with Crippen molar-refractivity contribution < 1.29 is 9.47 Å². The van der Waals surface area contributed by atoms with Gasteiger partial charge in [0.2, 0.25) is 6.79 Å². The molecule has 1 aliphatic heterocycles. The van der Waals surface area contributed by atoms with Gasteiger partial charge in [-0.1, -0.05) is 6.92 Å². The Labute approximate surface area is 106 Å². The van der Waals surface area contributed by atoms with Crippen molar-refractivity contribution in [3.05, 3.63) is 18.2 Å². The highest BCUT2D eigenvalue weighted by Gasteiger charge is 2.13. The highest BCUT2D eigenvalue weighted by molar-refractivity contribution is 7.80. The first-order chi connectivity index (χ1) is 8.19. The van der Waals surface area contributed by atoms with Crippen molar-refractivity contribution >= 4 is 23.0 Å². The Kier molecular flexibility index (Phi) is 3.68. The molecule has 2 N–H and O–H groups in total. The summed E-state index contributed by atoms with van der Waals surface area (Å²) in [5.74, 6) is 1.53. The number of hydrogen-bond donors (Lipinski definition) is 2. The minimum absolute atomic E-state index is 0.286. The highest BCUT2D eigenvalue weighted by Crippen LogP contribution is 2.34. The van der Waals surface area contributed by atoms with E-state index in [0.29, 0.717) is 11.2 Å². The molecule has 2 rings (SSSR count). The standard InChI is InChI=1S/C12H16N2O2S/c1-3-8(2)13-12(17)14-9-4-5-10-11(6-9)16-7-15-10/h4-6,8H,3,7H2,1-2H3,(H2,13,14,17). The van der Waals surface area contributed by atoms with Crippen LogP contribution in [0.5, 0.6) is 11.5 Å². The monoisotopic (exact) mass is 252 g/mol. The quantitative estimate of drug-likeness (QED) is 0.809. The zero-order valence-electron chi connectivity index (χ0n) is 9.95. The Morgan fingerprint density at radius 1 is 1.41 bits per heavy atom. The molecule has 1 aromatic rings. The summed E-state index contributed by atoms with van der Waals surface area (Å²) in [5.41, 5.74) is 0.898. The Hall–Kier alpha value is -1.49. The lowest BCUT2D eigenvalue weighted by Gasteiger charge is -2.15. The van der Waals surface area contributed by atoms with Gasteiger partial charge in [-0.3, -0.25) is 0 Å². The fraction of sp³-hybridized carbons (Fsp3) is 0.417. The summed E-state index contributed by atoms with van der Waals surface area (Å²) in [5, 5.41) is 6.94. The van der Waals surface area contributed by atoms with Crippen molar-refractivity contribution in [2.24, 2.45) is 0 Å². The van der Waals surface area contributed by atoms with Crippen molar-refractivity contribution in [3.8, 4) is 11.5 Å².